The molecule has 0 bridgehead atoms. The smallest absolute Gasteiger partial charge is 0.252 e. The van der Waals surface area contributed by atoms with E-state index in [4.69, 9.17) is 0 Å². The van der Waals surface area contributed by atoms with Crippen LogP contribution in [0.3, 0.4) is 0 Å². The van der Waals surface area contributed by atoms with E-state index in [1.807, 2.05) is 0 Å². The molecule has 0 fully saturated rings. The van der Waals surface area contributed by atoms with Crippen LogP contribution in [0, 0.1) is 0 Å². The van der Waals surface area contributed by atoms with Crippen LogP contribution in [0.15, 0.2) is 12.7 Å². The Hall–Kier alpha value is -0.590. The summed E-state index contributed by atoms with van der Waals surface area (Å²) >= 11 is 2.51. The highest BCUT2D eigenvalue weighted by atomic mass is 79.9. The Balaban J connectivity index is 2.53. The molecule has 0 amide bonds. The summed E-state index contributed by atoms with van der Waals surface area (Å²) in [6, 6.07) is 0. The van der Waals surface area contributed by atoms with Crippen LogP contribution in [-0.2, 0) is 6.54 Å². The third-order valence-electron chi connectivity index (χ3n) is 1.17. The average Bonchev–Trinajstić information content (AvgIpc) is 2.37. The first kappa shape index (κ1) is 9.50. The third kappa shape index (κ3) is 2.47. The van der Waals surface area contributed by atoms with Crippen molar-refractivity contribution in [3.05, 3.63) is 12.7 Å². The molecule has 68 valence electrons. The Kier molecular flexibility index (Phi) is 2.71. The van der Waals surface area contributed by atoms with Crippen molar-refractivity contribution in [2.45, 2.75) is 17.5 Å². The lowest BCUT2D eigenvalue weighted by Crippen LogP contribution is -2.27. The van der Waals surface area contributed by atoms with Crippen LogP contribution in [0.2, 0.25) is 0 Å². The lowest BCUT2D eigenvalue weighted by atomic mass is 10.4. The van der Waals surface area contributed by atoms with Gasteiger partial charge in [0.25, 0.3) is 0 Å². The van der Waals surface area contributed by atoms with Crippen molar-refractivity contribution < 1.29 is 13.2 Å². The second-order valence-electron chi connectivity index (χ2n) is 2.13. The molecule has 7 heteroatoms. The molecular formula is C5H5BrF3N3. The molecule has 0 aromatic carbocycles. The predicted molar refractivity (Wildman–Crippen MR) is 38.8 cm³/mol. The van der Waals surface area contributed by atoms with E-state index in [9.17, 15) is 13.2 Å². The molecule has 1 heterocycles. The summed E-state index contributed by atoms with van der Waals surface area (Å²) in [4.78, 5) is 1.94. The summed E-state index contributed by atoms with van der Waals surface area (Å²) in [5, 5.41) is 3.55. The lowest BCUT2D eigenvalue weighted by molar-refractivity contribution is -0.129. The van der Waals surface area contributed by atoms with Crippen molar-refractivity contribution in [3.63, 3.8) is 0 Å². The number of nitrogens with zero attached hydrogens (tertiary/aromatic N) is 3. The van der Waals surface area contributed by atoms with Crippen LogP contribution in [0.25, 0.3) is 0 Å². The number of rotatable bonds is 2. The molecule has 1 aromatic rings. The van der Waals surface area contributed by atoms with Gasteiger partial charge >= 0.3 is 6.18 Å². The molecule has 1 rings (SSSR count). The van der Waals surface area contributed by atoms with Crippen LogP contribution in [0.1, 0.15) is 0 Å². The summed E-state index contributed by atoms with van der Waals surface area (Å²) in [5.74, 6) is 0. The van der Waals surface area contributed by atoms with Crippen molar-refractivity contribution in [2.24, 2.45) is 0 Å². The van der Waals surface area contributed by atoms with Crippen LogP contribution >= 0.6 is 15.9 Å². The molecule has 0 spiro atoms. The van der Waals surface area contributed by atoms with E-state index in [1.54, 1.807) is 0 Å². The van der Waals surface area contributed by atoms with Gasteiger partial charge in [0.2, 0.25) is 0 Å². The molecule has 3 nitrogen and oxygen atoms in total. The average molecular weight is 244 g/mol. The maximum absolute atomic E-state index is 11.9. The molecular weight excluding hydrogens is 239 g/mol. The topological polar surface area (TPSA) is 30.7 Å². The van der Waals surface area contributed by atoms with Crippen molar-refractivity contribution in [2.75, 3.05) is 0 Å². The fourth-order valence-corrected chi connectivity index (χ4v) is 0.891. The Morgan fingerprint density at radius 3 is 2.58 bits per heavy atom. The van der Waals surface area contributed by atoms with Gasteiger partial charge in [-0.3, -0.25) is 4.68 Å². The molecule has 12 heavy (non-hydrogen) atoms. The monoisotopic (exact) mass is 243 g/mol. The SMILES string of the molecule is FC(F)(F)C(Br)Cn1cncn1. The normalized spacial score (nSPS) is 14.7. The minimum absolute atomic E-state index is 0.260. The number of hydrogen-bond donors (Lipinski definition) is 0. The summed E-state index contributed by atoms with van der Waals surface area (Å²) < 4.78 is 36.9. The first-order valence-electron chi connectivity index (χ1n) is 3.03. The van der Waals surface area contributed by atoms with Gasteiger partial charge in [-0.2, -0.15) is 18.3 Å². The molecule has 0 aliphatic rings. The van der Waals surface area contributed by atoms with Gasteiger partial charge < -0.3 is 0 Å². The molecule has 1 unspecified atom stereocenters. The zero-order chi connectivity index (χ0) is 9.19. The van der Waals surface area contributed by atoms with E-state index in [1.165, 1.54) is 12.7 Å². The van der Waals surface area contributed by atoms with Crippen LogP contribution in [0.4, 0.5) is 13.2 Å². The standard InChI is InChI=1S/C5H5BrF3N3/c6-4(5(7,8)9)1-12-3-10-2-11-12/h2-4H,1H2. The maximum Gasteiger partial charge on any atom is 0.403 e. The first-order chi connectivity index (χ1) is 5.50. The first-order valence-corrected chi connectivity index (χ1v) is 3.95. The highest BCUT2D eigenvalue weighted by molar-refractivity contribution is 9.09. The predicted octanol–water partition coefficient (Wildman–Crippen LogP) is 1.60. The van der Waals surface area contributed by atoms with E-state index >= 15 is 0 Å². The number of halogens is 4. The van der Waals surface area contributed by atoms with Crippen molar-refractivity contribution in [3.8, 4) is 0 Å². The third-order valence-corrected chi connectivity index (χ3v) is 1.98. The molecule has 0 aliphatic carbocycles. The minimum Gasteiger partial charge on any atom is -0.252 e. The highest BCUT2D eigenvalue weighted by Gasteiger charge is 2.37. The minimum atomic E-state index is -4.24. The van der Waals surface area contributed by atoms with Gasteiger partial charge in [0.05, 0.1) is 6.54 Å². The lowest BCUT2D eigenvalue weighted by Gasteiger charge is -2.12. The van der Waals surface area contributed by atoms with Gasteiger partial charge in [0, 0.05) is 0 Å². The number of aromatic nitrogens is 3. The van der Waals surface area contributed by atoms with Gasteiger partial charge in [0.1, 0.15) is 17.5 Å². The molecule has 0 radical (unpaired) electrons. The molecule has 0 aliphatic heterocycles. The van der Waals surface area contributed by atoms with Gasteiger partial charge in [-0.05, 0) is 0 Å². The van der Waals surface area contributed by atoms with Crippen LogP contribution < -0.4 is 0 Å². The molecule has 0 N–H and O–H groups in total. The Morgan fingerprint density at radius 2 is 2.17 bits per heavy atom. The highest BCUT2D eigenvalue weighted by Crippen LogP contribution is 2.27. The Labute approximate surface area is 74.7 Å². The van der Waals surface area contributed by atoms with E-state index in [0.717, 1.165) is 4.68 Å². The van der Waals surface area contributed by atoms with Gasteiger partial charge in [0.15, 0.2) is 0 Å². The summed E-state index contributed by atoms with van der Waals surface area (Å²) in [6.07, 6.45) is -1.82. The fraction of sp³-hybridized carbons (Fsp3) is 0.600. The zero-order valence-electron chi connectivity index (χ0n) is 5.79. The summed E-state index contributed by atoms with van der Waals surface area (Å²) in [6.45, 7) is -0.260. The van der Waals surface area contributed by atoms with Crippen LogP contribution in [-0.4, -0.2) is 25.8 Å². The number of hydrogen-bond acceptors (Lipinski definition) is 2. The van der Waals surface area contributed by atoms with E-state index < -0.39 is 11.0 Å². The Morgan fingerprint density at radius 1 is 1.50 bits per heavy atom. The van der Waals surface area contributed by atoms with Crippen molar-refractivity contribution in [1.29, 1.82) is 0 Å². The van der Waals surface area contributed by atoms with Gasteiger partial charge in [-0.15, -0.1) is 0 Å². The van der Waals surface area contributed by atoms with E-state index in [2.05, 4.69) is 26.0 Å². The van der Waals surface area contributed by atoms with Crippen LogP contribution in [0.5, 0.6) is 0 Å². The second-order valence-corrected chi connectivity index (χ2v) is 3.23. The van der Waals surface area contributed by atoms with E-state index in [-0.39, 0.29) is 6.54 Å². The van der Waals surface area contributed by atoms with E-state index in [0.29, 0.717) is 0 Å². The second kappa shape index (κ2) is 3.42. The van der Waals surface area contributed by atoms with Gasteiger partial charge in [-0.25, -0.2) is 4.98 Å². The van der Waals surface area contributed by atoms with Crippen molar-refractivity contribution in [1.82, 2.24) is 14.8 Å². The maximum atomic E-state index is 11.9. The quantitative estimate of drug-likeness (QED) is 0.740. The summed E-state index contributed by atoms with van der Waals surface area (Å²) in [5.41, 5.74) is 0. The van der Waals surface area contributed by atoms with Gasteiger partial charge in [-0.1, -0.05) is 15.9 Å². The fourth-order valence-electron chi connectivity index (χ4n) is 0.595. The largest absolute Gasteiger partial charge is 0.403 e. The number of alkyl halides is 4. The zero-order valence-corrected chi connectivity index (χ0v) is 7.38. The summed E-state index contributed by atoms with van der Waals surface area (Å²) in [7, 11) is 0. The molecule has 1 aromatic heterocycles. The Bertz CT molecular complexity index is 233. The molecule has 0 saturated heterocycles. The molecule has 0 saturated carbocycles. The molecule has 1 atom stereocenters. The van der Waals surface area contributed by atoms with Crippen molar-refractivity contribution >= 4 is 15.9 Å².